The fourth-order valence-electron chi connectivity index (χ4n) is 2.65. The summed E-state index contributed by atoms with van der Waals surface area (Å²) < 4.78 is 0. The summed E-state index contributed by atoms with van der Waals surface area (Å²) in [6.07, 6.45) is 6.78. The van der Waals surface area contributed by atoms with Gasteiger partial charge in [-0.15, -0.1) is 0 Å². The zero-order valence-corrected chi connectivity index (χ0v) is 12.1. The van der Waals surface area contributed by atoms with E-state index in [-0.39, 0.29) is 12.0 Å². The third-order valence-electron chi connectivity index (χ3n) is 4.14. The van der Waals surface area contributed by atoms with Gasteiger partial charge in [0, 0.05) is 32.6 Å². The number of anilines is 2. The Morgan fingerprint density at radius 2 is 2.21 bits per heavy atom. The van der Waals surface area contributed by atoms with Crippen molar-refractivity contribution in [1.29, 1.82) is 0 Å². The van der Waals surface area contributed by atoms with Crippen molar-refractivity contribution < 1.29 is 5.11 Å². The van der Waals surface area contributed by atoms with Crippen molar-refractivity contribution in [1.82, 2.24) is 9.97 Å². The second-order valence-corrected chi connectivity index (χ2v) is 5.67. The molecule has 5 nitrogen and oxygen atoms in total. The lowest BCUT2D eigenvalue weighted by atomic mass is 9.78. The molecule has 2 rings (SSSR count). The van der Waals surface area contributed by atoms with Gasteiger partial charge in [0.1, 0.15) is 11.6 Å². The molecule has 1 fully saturated rings. The van der Waals surface area contributed by atoms with Crippen molar-refractivity contribution in [2.24, 2.45) is 5.41 Å². The van der Waals surface area contributed by atoms with Crippen LogP contribution in [0.4, 0.5) is 11.6 Å². The maximum atomic E-state index is 9.68. The summed E-state index contributed by atoms with van der Waals surface area (Å²) in [5, 5.41) is 9.68. The molecule has 0 aliphatic carbocycles. The number of aliphatic hydroxyl groups excluding tert-OH is 1. The van der Waals surface area contributed by atoms with Gasteiger partial charge in [0.05, 0.1) is 19.0 Å². The van der Waals surface area contributed by atoms with Crippen molar-refractivity contribution in [3.05, 3.63) is 12.4 Å². The molecule has 0 spiro atoms. The van der Waals surface area contributed by atoms with Gasteiger partial charge in [0.2, 0.25) is 0 Å². The highest BCUT2D eigenvalue weighted by Crippen LogP contribution is 2.34. The molecule has 1 atom stereocenters. The molecular weight excluding hydrogens is 240 g/mol. The quantitative estimate of drug-likeness (QED) is 0.894. The number of rotatable bonds is 4. The first kappa shape index (κ1) is 14.1. The molecule has 106 valence electrons. The summed E-state index contributed by atoms with van der Waals surface area (Å²) in [5.41, 5.74) is 0.0219. The molecule has 1 aromatic heterocycles. The number of aliphatic hydroxyl groups is 1. The second kappa shape index (κ2) is 5.74. The number of hydrogen-bond acceptors (Lipinski definition) is 5. The molecule has 1 aliphatic rings. The SMILES string of the molecule is CC[C@]1(CO)CCCN(c2cncc(N(C)C)n2)C1. The summed E-state index contributed by atoms with van der Waals surface area (Å²) in [5.74, 6) is 1.78. The van der Waals surface area contributed by atoms with Crippen LogP contribution in [0.5, 0.6) is 0 Å². The number of nitrogens with zero attached hydrogens (tertiary/aromatic N) is 4. The fraction of sp³-hybridized carbons (Fsp3) is 0.714. The molecule has 1 aromatic rings. The fourth-order valence-corrected chi connectivity index (χ4v) is 2.65. The maximum absolute atomic E-state index is 9.68. The van der Waals surface area contributed by atoms with Crippen LogP contribution in [0, 0.1) is 5.41 Å². The number of hydrogen-bond donors (Lipinski definition) is 1. The standard InChI is InChI=1S/C14H24N4O/c1-4-14(11-19)6-5-7-18(10-14)13-9-15-8-12(16-13)17(2)3/h8-9,19H,4-7,10-11H2,1-3H3/t14-/m0/s1. The highest BCUT2D eigenvalue weighted by Gasteiger charge is 2.33. The number of aromatic nitrogens is 2. The first-order valence-electron chi connectivity index (χ1n) is 6.95. The van der Waals surface area contributed by atoms with E-state index in [0.717, 1.165) is 44.0 Å². The predicted octanol–water partition coefficient (Wildman–Crippen LogP) is 1.53. The van der Waals surface area contributed by atoms with Crippen molar-refractivity contribution in [2.75, 3.05) is 43.6 Å². The zero-order valence-electron chi connectivity index (χ0n) is 12.1. The Balaban J connectivity index is 2.19. The molecule has 1 N–H and O–H groups in total. The Morgan fingerprint density at radius 1 is 1.42 bits per heavy atom. The smallest absolute Gasteiger partial charge is 0.149 e. The van der Waals surface area contributed by atoms with E-state index in [4.69, 9.17) is 0 Å². The van der Waals surface area contributed by atoms with Crippen molar-refractivity contribution in [2.45, 2.75) is 26.2 Å². The van der Waals surface area contributed by atoms with Crippen LogP contribution >= 0.6 is 0 Å². The van der Waals surface area contributed by atoms with E-state index in [9.17, 15) is 5.11 Å². The van der Waals surface area contributed by atoms with E-state index >= 15 is 0 Å². The predicted molar refractivity (Wildman–Crippen MR) is 77.6 cm³/mol. The summed E-state index contributed by atoms with van der Waals surface area (Å²) in [4.78, 5) is 13.1. The van der Waals surface area contributed by atoms with Crippen molar-refractivity contribution in [3.8, 4) is 0 Å². The molecule has 0 aromatic carbocycles. The minimum absolute atomic E-state index is 0.0219. The van der Waals surface area contributed by atoms with Crippen LogP contribution in [0.1, 0.15) is 26.2 Å². The Morgan fingerprint density at radius 3 is 2.84 bits per heavy atom. The van der Waals surface area contributed by atoms with Crippen LogP contribution in [0.3, 0.4) is 0 Å². The van der Waals surface area contributed by atoms with E-state index in [1.54, 1.807) is 6.20 Å². The van der Waals surface area contributed by atoms with Crippen LogP contribution in [0.15, 0.2) is 12.4 Å². The summed E-state index contributed by atoms with van der Waals surface area (Å²) in [7, 11) is 3.93. The molecule has 19 heavy (non-hydrogen) atoms. The lowest BCUT2D eigenvalue weighted by Crippen LogP contribution is -2.45. The van der Waals surface area contributed by atoms with Gasteiger partial charge in [-0.2, -0.15) is 0 Å². The average Bonchev–Trinajstić information content (AvgIpc) is 2.47. The third kappa shape index (κ3) is 2.97. The first-order valence-corrected chi connectivity index (χ1v) is 6.95. The highest BCUT2D eigenvalue weighted by molar-refractivity contribution is 5.45. The lowest BCUT2D eigenvalue weighted by Gasteiger charge is -2.41. The van der Waals surface area contributed by atoms with Gasteiger partial charge in [-0.3, -0.25) is 4.98 Å². The van der Waals surface area contributed by atoms with E-state index < -0.39 is 0 Å². The van der Waals surface area contributed by atoms with E-state index in [0.29, 0.717) is 0 Å². The Hall–Kier alpha value is -1.36. The highest BCUT2D eigenvalue weighted by atomic mass is 16.3. The molecule has 5 heteroatoms. The van der Waals surface area contributed by atoms with Crippen LogP contribution in [-0.2, 0) is 0 Å². The van der Waals surface area contributed by atoms with E-state index in [2.05, 4.69) is 21.8 Å². The zero-order chi connectivity index (χ0) is 13.9. The van der Waals surface area contributed by atoms with Crippen molar-refractivity contribution in [3.63, 3.8) is 0 Å². The molecular formula is C14H24N4O. The van der Waals surface area contributed by atoms with Gasteiger partial charge in [-0.05, 0) is 19.3 Å². The van der Waals surface area contributed by atoms with Gasteiger partial charge in [-0.25, -0.2) is 4.98 Å². The third-order valence-corrected chi connectivity index (χ3v) is 4.14. The molecule has 2 heterocycles. The Bertz CT molecular complexity index is 418. The molecule has 0 unspecified atom stereocenters. The second-order valence-electron chi connectivity index (χ2n) is 5.67. The minimum Gasteiger partial charge on any atom is -0.396 e. The molecule has 0 saturated carbocycles. The molecule has 0 bridgehead atoms. The van der Waals surface area contributed by atoms with Gasteiger partial charge in [0.15, 0.2) is 0 Å². The van der Waals surface area contributed by atoms with Crippen LogP contribution in [0.2, 0.25) is 0 Å². The van der Waals surface area contributed by atoms with E-state index in [1.807, 2.05) is 25.2 Å². The summed E-state index contributed by atoms with van der Waals surface area (Å²) in [6.45, 7) is 4.27. The summed E-state index contributed by atoms with van der Waals surface area (Å²) >= 11 is 0. The maximum Gasteiger partial charge on any atom is 0.149 e. The van der Waals surface area contributed by atoms with Crippen molar-refractivity contribution >= 4 is 11.6 Å². The monoisotopic (exact) mass is 264 g/mol. The minimum atomic E-state index is 0.0219. The van der Waals surface area contributed by atoms with Crippen LogP contribution in [-0.4, -0.2) is 48.9 Å². The largest absolute Gasteiger partial charge is 0.396 e. The molecule has 1 saturated heterocycles. The van der Waals surface area contributed by atoms with Gasteiger partial charge in [-0.1, -0.05) is 6.92 Å². The van der Waals surface area contributed by atoms with Crippen LogP contribution < -0.4 is 9.80 Å². The summed E-state index contributed by atoms with van der Waals surface area (Å²) in [6, 6.07) is 0. The lowest BCUT2D eigenvalue weighted by molar-refractivity contribution is 0.101. The Kier molecular flexibility index (Phi) is 4.24. The van der Waals surface area contributed by atoms with E-state index in [1.165, 1.54) is 0 Å². The van der Waals surface area contributed by atoms with Gasteiger partial charge >= 0.3 is 0 Å². The topological polar surface area (TPSA) is 52.5 Å². The van der Waals surface area contributed by atoms with Gasteiger partial charge in [0.25, 0.3) is 0 Å². The molecule has 1 aliphatic heterocycles. The van der Waals surface area contributed by atoms with Crippen LogP contribution in [0.25, 0.3) is 0 Å². The Labute approximate surface area is 115 Å². The first-order chi connectivity index (χ1) is 9.10. The normalized spacial score (nSPS) is 23.5. The molecule has 0 radical (unpaired) electrons. The average molecular weight is 264 g/mol. The number of piperidine rings is 1. The molecule has 0 amide bonds. The van der Waals surface area contributed by atoms with Gasteiger partial charge < -0.3 is 14.9 Å².